The number of halogens is 2. The van der Waals surface area contributed by atoms with Crippen molar-refractivity contribution in [2.24, 2.45) is 0 Å². The molecule has 0 aliphatic heterocycles. The Bertz CT molecular complexity index is 606. The van der Waals surface area contributed by atoms with Gasteiger partial charge in [0, 0.05) is 12.0 Å². The van der Waals surface area contributed by atoms with Crippen LogP contribution in [0.4, 0.5) is 8.78 Å². The number of rotatable bonds is 5. The smallest absolute Gasteiger partial charge is 0.163 e. The van der Waals surface area contributed by atoms with Gasteiger partial charge in [-0.2, -0.15) is 0 Å². The van der Waals surface area contributed by atoms with Gasteiger partial charge in [0.05, 0.1) is 7.11 Å². The fourth-order valence-corrected chi connectivity index (χ4v) is 1.86. The van der Waals surface area contributed by atoms with E-state index in [1.54, 1.807) is 7.11 Å². The molecular weight excluding hydrogens is 262 g/mol. The van der Waals surface area contributed by atoms with Gasteiger partial charge in [0.2, 0.25) is 0 Å². The molecule has 2 aromatic rings. The van der Waals surface area contributed by atoms with Gasteiger partial charge in [-0.15, -0.1) is 0 Å². The summed E-state index contributed by atoms with van der Waals surface area (Å²) in [5, 5.41) is 0. The minimum atomic E-state index is -1.000. The molecular formula is C16H14F2O2. The van der Waals surface area contributed by atoms with Gasteiger partial charge < -0.3 is 4.74 Å². The van der Waals surface area contributed by atoms with Crippen molar-refractivity contribution in [3.63, 3.8) is 0 Å². The van der Waals surface area contributed by atoms with Gasteiger partial charge in [0.1, 0.15) is 5.75 Å². The second kappa shape index (κ2) is 6.28. The van der Waals surface area contributed by atoms with E-state index >= 15 is 0 Å². The van der Waals surface area contributed by atoms with E-state index in [4.69, 9.17) is 4.74 Å². The Labute approximate surface area is 116 Å². The standard InChI is InChI=1S/C16H14F2O2/c1-20-13-6-2-11(3-7-13)4-9-16(19)12-5-8-14(17)15(18)10-12/h2-3,5-8,10H,4,9H2,1H3. The van der Waals surface area contributed by atoms with E-state index in [1.165, 1.54) is 6.07 Å². The highest BCUT2D eigenvalue weighted by atomic mass is 19.2. The Hall–Kier alpha value is -2.23. The molecule has 2 nitrogen and oxygen atoms in total. The predicted octanol–water partition coefficient (Wildman–Crippen LogP) is 3.79. The molecule has 0 radical (unpaired) electrons. The van der Waals surface area contributed by atoms with E-state index in [0.29, 0.717) is 6.42 Å². The molecule has 0 fully saturated rings. The number of ketones is 1. The van der Waals surface area contributed by atoms with Crippen LogP contribution in [0.1, 0.15) is 22.3 Å². The highest BCUT2D eigenvalue weighted by Gasteiger charge is 2.10. The summed E-state index contributed by atoms with van der Waals surface area (Å²) in [5.41, 5.74) is 1.18. The molecule has 0 aliphatic carbocycles. The third kappa shape index (κ3) is 3.41. The summed E-state index contributed by atoms with van der Waals surface area (Å²) < 4.78 is 30.9. The first-order valence-electron chi connectivity index (χ1n) is 6.21. The lowest BCUT2D eigenvalue weighted by atomic mass is 10.0. The normalized spacial score (nSPS) is 10.3. The molecule has 4 heteroatoms. The van der Waals surface area contributed by atoms with Crippen molar-refractivity contribution in [3.8, 4) is 5.75 Å². The first-order chi connectivity index (χ1) is 9.60. The third-order valence-electron chi connectivity index (χ3n) is 3.04. The van der Waals surface area contributed by atoms with E-state index in [9.17, 15) is 13.6 Å². The van der Waals surface area contributed by atoms with E-state index in [-0.39, 0.29) is 17.8 Å². The predicted molar refractivity (Wildman–Crippen MR) is 72.0 cm³/mol. The number of carbonyl (C=O) groups is 1. The van der Waals surface area contributed by atoms with Crippen LogP contribution in [0.3, 0.4) is 0 Å². The van der Waals surface area contributed by atoms with Crippen LogP contribution < -0.4 is 4.74 Å². The summed E-state index contributed by atoms with van der Waals surface area (Å²) in [4.78, 5) is 11.9. The van der Waals surface area contributed by atoms with Crippen LogP contribution in [0.2, 0.25) is 0 Å². The Morgan fingerprint density at radius 2 is 1.75 bits per heavy atom. The second-order valence-electron chi connectivity index (χ2n) is 4.40. The molecule has 0 aliphatic rings. The molecule has 0 amide bonds. The summed E-state index contributed by atoms with van der Waals surface area (Å²) >= 11 is 0. The lowest BCUT2D eigenvalue weighted by Crippen LogP contribution is -2.02. The molecule has 0 bridgehead atoms. The number of Topliss-reactive ketones (excluding diaryl/α,β-unsaturated/α-hetero) is 1. The Morgan fingerprint density at radius 1 is 1.05 bits per heavy atom. The molecule has 2 aromatic carbocycles. The van der Waals surface area contributed by atoms with Gasteiger partial charge in [-0.3, -0.25) is 4.79 Å². The summed E-state index contributed by atoms with van der Waals surface area (Å²) in [6, 6.07) is 10.6. The lowest BCUT2D eigenvalue weighted by Gasteiger charge is -2.04. The highest BCUT2D eigenvalue weighted by Crippen LogP contribution is 2.15. The number of methoxy groups -OCH3 is 1. The molecule has 0 aromatic heterocycles. The number of carbonyl (C=O) groups excluding carboxylic acids is 1. The maximum Gasteiger partial charge on any atom is 0.163 e. The summed E-state index contributed by atoms with van der Waals surface area (Å²) in [7, 11) is 1.58. The minimum absolute atomic E-state index is 0.192. The monoisotopic (exact) mass is 276 g/mol. The molecule has 104 valence electrons. The van der Waals surface area contributed by atoms with Gasteiger partial charge in [-0.05, 0) is 42.3 Å². The summed E-state index contributed by atoms with van der Waals surface area (Å²) in [6.07, 6.45) is 0.791. The fourth-order valence-electron chi connectivity index (χ4n) is 1.86. The SMILES string of the molecule is COc1ccc(CCC(=O)c2ccc(F)c(F)c2)cc1. The zero-order valence-corrected chi connectivity index (χ0v) is 11.0. The van der Waals surface area contributed by atoms with Gasteiger partial charge in [0.25, 0.3) is 0 Å². The lowest BCUT2D eigenvalue weighted by molar-refractivity contribution is 0.0982. The second-order valence-corrected chi connectivity index (χ2v) is 4.40. The highest BCUT2D eigenvalue weighted by molar-refractivity contribution is 5.96. The molecule has 0 saturated heterocycles. The Kier molecular flexibility index (Phi) is 4.45. The van der Waals surface area contributed by atoms with E-state index in [1.807, 2.05) is 24.3 Å². The molecule has 0 spiro atoms. The van der Waals surface area contributed by atoms with Crippen LogP contribution in [0.25, 0.3) is 0 Å². The van der Waals surface area contributed by atoms with Crippen LogP contribution >= 0.6 is 0 Å². The topological polar surface area (TPSA) is 26.3 Å². The number of aryl methyl sites for hydroxylation is 1. The quantitative estimate of drug-likeness (QED) is 0.777. The van der Waals surface area contributed by atoms with Gasteiger partial charge in [-0.1, -0.05) is 12.1 Å². The zero-order chi connectivity index (χ0) is 14.5. The molecule has 2 rings (SSSR count). The maximum atomic E-state index is 13.0. The molecule has 0 saturated carbocycles. The average molecular weight is 276 g/mol. The molecule has 20 heavy (non-hydrogen) atoms. The van der Waals surface area contributed by atoms with Crippen molar-refractivity contribution in [3.05, 3.63) is 65.2 Å². The van der Waals surface area contributed by atoms with Crippen molar-refractivity contribution in [2.75, 3.05) is 7.11 Å². The van der Waals surface area contributed by atoms with Crippen molar-refractivity contribution < 1.29 is 18.3 Å². The largest absolute Gasteiger partial charge is 0.497 e. The first kappa shape index (κ1) is 14.2. The van der Waals surface area contributed by atoms with E-state index in [0.717, 1.165) is 23.4 Å². The van der Waals surface area contributed by atoms with Gasteiger partial charge in [0.15, 0.2) is 17.4 Å². The number of hydrogen-bond acceptors (Lipinski definition) is 2. The van der Waals surface area contributed by atoms with Crippen molar-refractivity contribution in [1.82, 2.24) is 0 Å². The van der Waals surface area contributed by atoms with E-state index < -0.39 is 11.6 Å². The van der Waals surface area contributed by atoms with Crippen LogP contribution in [0, 0.1) is 11.6 Å². The zero-order valence-electron chi connectivity index (χ0n) is 11.0. The molecule has 0 N–H and O–H groups in total. The average Bonchev–Trinajstić information content (AvgIpc) is 2.48. The van der Waals surface area contributed by atoms with Crippen LogP contribution in [0.15, 0.2) is 42.5 Å². The van der Waals surface area contributed by atoms with Crippen molar-refractivity contribution >= 4 is 5.78 Å². The van der Waals surface area contributed by atoms with Crippen LogP contribution in [-0.2, 0) is 6.42 Å². The number of benzene rings is 2. The summed E-state index contributed by atoms with van der Waals surface area (Å²) in [6.45, 7) is 0. The first-order valence-corrected chi connectivity index (χ1v) is 6.21. The van der Waals surface area contributed by atoms with Crippen molar-refractivity contribution in [2.45, 2.75) is 12.8 Å². The molecule has 0 heterocycles. The molecule has 0 atom stereocenters. The number of hydrogen-bond donors (Lipinski definition) is 0. The van der Waals surface area contributed by atoms with Gasteiger partial charge >= 0.3 is 0 Å². The van der Waals surface area contributed by atoms with Gasteiger partial charge in [-0.25, -0.2) is 8.78 Å². The molecule has 0 unspecified atom stereocenters. The number of ether oxygens (including phenoxy) is 1. The Morgan fingerprint density at radius 3 is 2.35 bits per heavy atom. The minimum Gasteiger partial charge on any atom is -0.497 e. The fraction of sp³-hybridized carbons (Fsp3) is 0.188. The maximum absolute atomic E-state index is 13.0. The van der Waals surface area contributed by atoms with Crippen LogP contribution in [0.5, 0.6) is 5.75 Å². The van der Waals surface area contributed by atoms with Crippen molar-refractivity contribution in [1.29, 1.82) is 0 Å². The third-order valence-corrected chi connectivity index (χ3v) is 3.04. The Balaban J connectivity index is 1.98. The summed E-state index contributed by atoms with van der Waals surface area (Å²) in [5.74, 6) is -1.41. The van der Waals surface area contributed by atoms with E-state index in [2.05, 4.69) is 0 Å². The van der Waals surface area contributed by atoms with Crippen LogP contribution in [-0.4, -0.2) is 12.9 Å².